The predicted octanol–water partition coefficient (Wildman–Crippen LogP) is 3.58. The van der Waals surface area contributed by atoms with Gasteiger partial charge in [0.15, 0.2) is 0 Å². The van der Waals surface area contributed by atoms with E-state index >= 15 is 0 Å². The zero-order valence-corrected chi connectivity index (χ0v) is 22.2. The van der Waals surface area contributed by atoms with E-state index in [0.717, 1.165) is 51.0 Å². The molecule has 0 aromatic heterocycles. The quantitative estimate of drug-likeness (QED) is 0.382. The first-order valence-corrected chi connectivity index (χ1v) is 13.3. The van der Waals surface area contributed by atoms with E-state index < -0.39 is 6.09 Å². The summed E-state index contributed by atoms with van der Waals surface area (Å²) in [6, 6.07) is 7.81. The summed E-state index contributed by atoms with van der Waals surface area (Å²) >= 11 is 6.27. The zero-order valence-electron chi connectivity index (χ0n) is 21.5. The number of urea groups is 1. The van der Waals surface area contributed by atoms with E-state index in [4.69, 9.17) is 21.1 Å². The molecule has 9 nitrogen and oxygen atoms in total. The monoisotopic (exact) mass is 524 g/mol. The third kappa shape index (κ3) is 9.10. The summed E-state index contributed by atoms with van der Waals surface area (Å²) in [5.41, 5.74) is 0.970. The molecule has 2 heterocycles. The van der Waals surface area contributed by atoms with E-state index in [1.807, 2.05) is 36.2 Å². The van der Waals surface area contributed by atoms with Crippen LogP contribution in [-0.4, -0.2) is 83.2 Å². The van der Waals surface area contributed by atoms with Gasteiger partial charge in [0, 0.05) is 56.4 Å². The first-order chi connectivity index (χ1) is 17.5. The lowest BCUT2D eigenvalue weighted by molar-refractivity contribution is -0.00851. The molecule has 1 aromatic rings. The number of nitrogens with one attached hydrogen (secondary N) is 3. The van der Waals surface area contributed by atoms with Crippen LogP contribution in [-0.2, 0) is 14.2 Å². The Bertz CT molecular complexity index is 823. The predicted molar refractivity (Wildman–Crippen MR) is 139 cm³/mol. The summed E-state index contributed by atoms with van der Waals surface area (Å²) in [6.45, 7) is 4.21. The van der Waals surface area contributed by atoms with Crippen molar-refractivity contribution in [1.29, 1.82) is 0 Å². The standard InChI is InChI=1S/C26H41ClN4O5/c1-28-23(14-19-6-5-12-35-18-19)16-30-25(32)31-11-4-8-21(17-31)24(20-7-3-9-22(27)15-20)36-13-10-29-26(33)34-2/h3,7,9,15,19,21,23-24,28H,4-6,8,10-14,16-18H2,1-2H3,(H,29,33)(H,30,32)/t19?,21?,23-,24?/m0/s1. The van der Waals surface area contributed by atoms with Crippen molar-refractivity contribution in [2.45, 2.75) is 44.2 Å². The highest BCUT2D eigenvalue weighted by Gasteiger charge is 2.31. The second-order valence-corrected chi connectivity index (χ2v) is 10.0. The Morgan fingerprint density at radius 2 is 2.11 bits per heavy atom. The number of likely N-dealkylation sites (tertiary alicyclic amines) is 1. The number of hydrogen-bond acceptors (Lipinski definition) is 6. The molecule has 0 spiro atoms. The lowest BCUT2D eigenvalue weighted by Crippen LogP contribution is -2.50. The topological polar surface area (TPSA) is 101 Å². The number of alkyl carbamates (subject to hydrolysis) is 1. The van der Waals surface area contributed by atoms with Crippen LogP contribution in [0.25, 0.3) is 0 Å². The fourth-order valence-electron chi connectivity index (χ4n) is 5.06. The van der Waals surface area contributed by atoms with Crippen LogP contribution < -0.4 is 16.0 Å². The summed E-state index contributed by atoms with van der Waals surface area (Å²) in [5, 5.41) is 9.76. The minimum absolute atomic E-state index is 0.0444. The maximum atomic E-state index is 13.1. The fourth-order valence-corrected chi connectivity index (χ4v) is 5.26. The number of methoxy groups -OCH3 is 1. The molecular formula is C26H41ClN4O5. The smallest absolute Gasteiger partial charge is 0.406 e. The molecule has 36 heavy (non-hydrogen) atoms. The first kappa shape index (κ1) is 28.5. The summed E-state index contributed by atoms with van der Waals surface area (Å²) in [4.78, 5) is 26.3. The number of halogens is 1. The lowest BCUT2D eigenvalue weighted by atomic mass is 9.88. The second kappa shape index (κ2) is 15.2. The fraction of sp³-hybridized carbons (Fsp3) is 0.692. The van der Waals surface area contributed by atoms with Gasteiger partial charge in [0.2, 0.25) is 0 Å². The van der Waals surface area contributed by atoms with Crippen LogP contribution in [0.2, 0.25) is 5.02 Å². The number of nitrogens with zero attached hydrogens (tertiary/aromatic N) is 1. The molecular weight excluding hydrogens is 484 g/mol. The van der Waals surface area contributed by atoms with Crippen molar-refractivity contribution >= 4 is 23.7 Å². The van der Waals surface area contributed by atoms with E-state index in [1.165, 1.54) is 13.5 Å². The van der Waals surface area contributed by atoms with Gasteiger partial charge in [0.25, 0.3) is 0 Å². The number of hydrogen-bond donors (Lipinski definition) is 3. The van der Waals surface area contributed by atoms with Crippen LogP contribution in [0.4, 0.5) is 9.59 Å². The molecule has 0 radical (unpaired) electrons. The number of benzene rings is 1. The average molecular weight is 525 g/mol. The molecule has 0 bridgehead atoms. The maximum Gasteiger partial charge on any atom is 0.406 e. The molecule has 4 atom stereocenters. The Hall–Kier alpha value is -2.07. The summed E-state index contributed by atoms with van der Waals surface area (Å²) < 4.78 is 16.5. The van der Waals surface area contributed by atoms with Gasteiger partial charge in [-0.2, -0.15) is 0 Å². The van der Waals surface area contributed by atoms with Gasteiger partial charge >= 0.3 is 12.1 Å². The van der Waals surface area contributed by atoms with Gasteiger partial charge in [-0.25, -0.2) is 9.59 Å². The molecule has 3 N–H and O–H groups in total. The zero-order chi connectivity index (χ0) is 25.8. The molecule has 0 saturated carbocycles. The average Bonchev–Trinajstić information content (AvgIpc) is 2.91. The molecule has 3 amide bonds. The van der Waals surface area contributed by atoms with Crippen LogP contribution in [0.15, 0.2) is 24.3 Å². The van der Waals surface area contributed by atoms with Crippen molar-refractivity contribution < 1.29 is 23.8 Å². The largest absolute Gasteiger partial charge is 0.453 e. The Kier molecular flexibility index (Phi) is 12.1. The molecule has 2 saturated heterocycles. The molecule has 2 fully saturated rings. The molecule has 3 rings (SSSR count). The van der Waals surface area contributed by atoms with Crippen LogP contribution >= 0.6 is 11.6 Å². The summed E-state index contributed by atoms with van der Waals surface area (Å²) in [7, 11) is 3.27. The van der Waals surface area contributed by atoms with Crippen molar-refractivity contribution in [3.8, 4) is 0 Å². The minimum atomic E-state index is -0.491. The third-order valence-electron chi connectivity index (χ3n) is 6.99. The van der Waals surface area contributed by atoms with E-state index in [9.17, 15) is 9.59 Å². The van der Waals surface area contributed by atoms with Crippen molar-refractivity contribution in [2.24, 2.45) is 11.8 Å². The van der Waals surface area contributed by atoms with Crippen LogP contribution in [0.1, 0.15) is 43.8 Å². The van der Waals surface area contributed by atoms with Crippen molar-refractivity contribution in [3.05, 3.63) is 34.9 Å². The van der Waals surface area contributed by atoms with Crippen molar-refractivity contribution in [1.82, 2.24) is 20.9 Å². The summed E-state index contributed by atoms with van der Waals surface area (Å²) in [5.74, 6) is 0.650. The van der Waals surface area contributed by atoms with Gasteiger partial charge < -0.3 is 35.1 Å². The van der Waals surface area contributed by atoms with Gasteiger partial charge in [-0.3, -0.25) is 0 Å². The molecule has 1 aromatic carbocycles. The number of rotatable bonds is 11. The van der Waals surface area contributed by atoms with Crippen LogP contribution in [0, 0.1) is 11.8 Å². The maximum absolute atomic E-state index is 13.1. The Labute approximate surface area is 219 Å². The van der Waals surface area contributed by atoms with Gasteiger partial charge in [0.1, 0.15) is 0 Å². The van der Waals surface area contributed by atoms with E-state index in [0.29, 0.717) is 37.2 Å². The molecule has 202 valence electrons. The van der Waals surface area contributed by atoms with Gasteiger partial charge in [0.05, 0.1) is 19.8 Å². The number of likely N-dealkylation sites (N-methyl/N-ethyl adjacent to an activating group) is 1. The van der Waals surface area contributed by atoms with Crippen LogP contribution in [0.3, 0.4) is 0 Å². The molecule has 2 aliphatic heterocycles. The van der Waals surface area contributed by atoms with E-state index in [-0.39, 0.29) is 24.1 Å². The SMILES string of the molecule is CN[C@H](CNC(=O)N1CCCC(C(OCCNC(=O)OC)c2cccc(Cl)c2)C1)CC1CCCOC1. The minimum Gasteiger partial charge on any atom is -0.453 e. The Balaban J connectivity index is 1.56. The van der Waals surface area contributed by atoms with Crippen LogP contribution in [0.5, 0.6) is 0 Å². The molecule has 3 unspecified atom stereocenters. The number of carbonyl (C=O) groups is 2. The Morgan fingerprint density at radius 3 is 2.83 bits per heavy atom. The number of amides is 3. The third-order valence-corrected chi connectivity index (χ3v) is 7.22. The molecule has 0 aliphatic carbocycles. The highest BCUT2D eigenvalue weighted by atomic mass is 35.5. The highest BCUT2D eigenvalue weighted by molar-refractivity contribution is 6.30. The number of carbonyl (C=O) groups excluding carboxylic acids is 2. The second-order valence-electron chi connectivity index (χ2n) is 9.60. The van der Waals surface area contributed by atoms with Crippen molar-refractivity contribution in [2.75, 3.05) is 60.2 Å². The van der Waals surface area contributed by atoms with Gasteiger partial charge in [-0.05, 0) is 62.8 Å². The Morgan fingerprint density at radius 1 is 1.25 bits per heavy atom. The number of ether oxygens (including phenoxy) is 3. The normalized spacial score (nSPS) is 21.9. The first-order valence-electron chi connectivity index (χ1n) is 13.0. The lowest BCUT2D eigenvalue weighted by Gasteiger charge is -2.37. The van der Waals surface area contributed by atoms with Gasteiger partial charge in [-0.1, -0.05) is 23.7 Å². The summed E-state index contributed by atoms with van der Waals surface area (Å²) in [6.07, 6.45) is 4.38. The highest BCUT2D eigenvalue weighted by Crippen LogP contribution is 2.34. The molecule has 10 heteroatoms. The van der Waals surface area contributed by atoms with E-state index in [2.05, 4.69) is 20.7 Å². The van der Waals surface area contributed by atoms with E-state index in [1.54, 1.807) is 0 Å². The molecule has 2 aliphatic rings. The number of piperidine rings is 1. The van der Waals surface area contributed by atoms with Crippen molar-refractivity contribution in [3.63, 3.8) is 0 Å². The van der Waals surface area contributed by atoms with Gasteiger partial charge in [-0.15, -0.1) is 0 Å².